The van der Waals surface area contributed by atoms with Crippen molar-refractivity contribution in [3.63, 3.8) is 0 Å². The molecule has 2 aliphatic rings. The highest BCUT2D eigenvalue weighted by molar-refractivity contribution is 5.76. The van der Waals surface area contributed by atoms with Gasteiger partial charge in [0.05, 0.1) is 0 Å². The Morgan fingerprint density at radius 3 is 2.89 bits per heavy atom. The van der Waals surface area contributed by atoms with E-state index in [1.165, 1.54) is 37.8 Å². The molecule has 0 radical (unpaired) electrons. The van der Waals surface area contributed by atoms with Gasteiger partial charge in [-0.15, -0.1) is 0 Å². The maximum Gasteiger partial charge on any atom is 0.223 e. The first kappa shape index (κ1) is 19.0. The van der Waals surface area contributed by atoms with E-state index in [-0.39, 0.29) is 0 Å². The van der Waals surface area contributed by atoms with Gasteiger partial charge in [0, 0.05) is 56.5 Å². The maximum absolute atomic E-state index is 12.9. The quantitative estimate of drug-likeness (QED) is 0.793. The standard InChI is InChI=1S/C22H30N4O2/c1-16-8-10-23-21(12-16)28-15-19-18-14-26(11-9-20(18)25(2)24-19)22(27)13-17-6-4-3-5-7-17/h8,10,12,17H,3-7,9,11,13-15H2,1-2H3. The van der Waals surface area contributed by atoms with Crippen LogP contribution in [-0.2, 0) is 31.4 Å². The first-order valence-corrected chi connectivity index (χ1v) is 10.5. The number of hydrogen-bond donors (Lipinski definition) is 0. The summed E-state index contributed by atoms with van der Waals surface area (Å²) in [7, 11) is 1.98. The van der Waals surface area contributed by atoms with Crippen molar-refractivity contribution >= 4 is 5.91 Å². The number of aromatic nitrogens is 3. The molecule has 0 unspecified atom stereocenters. The second-order valence-electron chi connectivity index (χ2n) is 8.23. The van der Waals surface area contributed by atoms with Crippen LogP contribution < -0.4 is 4.74 Å². The molecule has 0 saturated heterocycles. The molecule has 0 bridgehead atoms. The van der Waals surface area contributed by atoms with Crippen molar-refractivity contribution < 1.29 is 9.53 Å². The highest BCUT2D eigenvalue weighted by Crippen LogP contribution is 2.29. The number of ether oxygens (including phenoxy) is 1. The largest absolute Gasteiger partial charge is 0.471 e. The van der Waals surface area contributed by atoms with Crippen LogP contribution in [0.2, 0.25) is 0 Å². The Labute approximate surface area is 166 Å². The highest BCUT2D eigenvalue weighted by atomic mass is 16.5. The summed E-state index contributed by atoms with van der Waals surface area (Å²) < 4.78 is 7.82. The molecule has 1 amide bonds. The molecule has 1 aliphatic carbocycles. The molecule has 1 aliphatic heterocycles. The number of pyridine rings is 1. The zero-order chi connectivity index (χ0) is 19.5. The third kappa shape index (κ3) is 4.21. The minimum absolute atomic E-state index is 0.300. The molecule has 2 aromatic rings. The Morgan fingerprint density at radius 1 is 1.29 bits per heavy atom. The molecule has 0 N–H and O–H groups in total. The smallest absolute Gasteiger partial charge is 0.223 e. The highest BCUT2D eigenvalue weighted by Gasteiger charge is 2.28. The summed E-state index contributed by atoms with van der Waals surface area (Å²) in [6.45, 7) is 3.84. The van der Waals surface area contributed by atoms with E-state index in [1.807, 2.05) is 35.7 Å². The molecule has 3 heterocycles. The van der Waals surface area contributed by atoms with Gasteiger partial charge in [0.25, 0.3) is 0 Å². The summed E-state index contributed by atoms with van der Waals surface area (Å²) in [5.41, 5.74) is 4.40. The lowest BCUT2D eigenvalue weighted by Crippen LogP contribution is -2.37. The van der Waals surface area contributed by atoms with Crippen molar-refractivity contribution in [1.82, 2.24) is 19.7 Å². The topological polar surface area (TPSA) is 60.3 Å². The first-order valence-electron chi connectivity index (χ1n) is 10.5. The van der Waals surface area contributed by atoms with Crippen LogP contribution in [0.3, 0.4) is 0 Å². The fourth-order valence-electron chi connectivity index (χ4n) is 4.50. The van der Waals surface area contributed by atoms with Gasteiger partial charge in [0.15, 0.2) is 0 Å². The van der Waals surface area contributed by atoms with E-state index in [0.29, 0.717) is 37.3 Å². The van der Waals surface area contributed by atoms with Crippen LogP contribution in [0.5, 0.6) is 5.88 Å². The fraction of sp³-hybridized carbons (Fsp3) is 0.591. The normalized spacial score (nSPS) is 17.4. The third-order valence-electron chi connectivity index (χ3n) is 6.11. The van der Waals surface area contributed by atoms with E-state index in [9.17, 15) is 4.79 Å². The van der Waals surface area contributed by atoms with Crippen LogP contribution in [0.15, 0.2) is 18.3 Å². The summed E-state index contributed by atoms with van der Waals surface area (Å²) in [6, 6.07) is 3.88. The van der Waals surface area contributed by atoms with Crippen LogP contribution in [0.4, 0.5) is 0 Å². The number of amides is 1. The zero-order valence-corrected chi connectivity index (χ0v) is 17.0. The lowest BCUT2D eigenvalue weighted by molar-refractivity contribution is -0.133. The molecule has 6 heteroatoms. The van der Waals surface area contributed by atoms with Gasteiger partial charge in [-0.2, -0.15) is 5.10 Å². The summed E-state index contributed by atoms with van der Waals surface area (Å²) in [5, 5.41) is 4.67. The van der Waals surface area contributed by atoms with E-state index < -0.39 is 0 Å². The molecule has 4 rings (SSSR count). The van der Waals surface area contributed by atoms with E-state index in [4.69, 9.17) is 4.74 Å². The van der Waals surface area contributed by atoms with Crippen molar-refractivity contribution in [3.05, 3.63) is 40.8 Å². The van der Waals surface area contributed by atoms with Gasteiger partial charge in [0.1, 0.15) is 12.3 Å². The molecule has 1 fully saturated rings. The van der Waals surface area contributed by atoms with E-state index in [1.54, 1.807) is 6.20 Å². The number of fused-ring (bicyclic) bond motifs is 1. The molecule has 0 aromatic carbocycles. The molecule has 1 saturated carbocycles. The van der Waals surface area contributed by atoms with Gasteiger partial charge in [-0.1, -0.05) is 19.3 Å². The van der Waals surface area contributed by atoms with Gasteiger partial charge in [-0.05, 0) is 37.3 Å². The van der Waals surface area contributed by atoms with Crippen molar-refractivity contribution in [1.29, 1.82) is 0 Å². The van der Waals surface area contributed by atoms with E-state index in [0.717, 1.165) is 29.8 Å². The van der Waals surface area contributed by atoms with Gasteiger partial charge < -0.3 is 9.64 Å². The van der Waals surface area contributed by atoms with Crippen LogP contribution in [0, 0.1) is 12.8 Å². The second-order valence-corrected chi connectivity index (χ2v) is 8.23. The summed E-state index contributed by atoms with van der Waals surface area (Å²) >= 11 is 0. The molecule has 6 nitrogen and oxygen atoms in total. The molecule has 28 heavy (non-hydrogen) atoms. The Bertz CT molecular complexity index is 839. The molecular formula is C22H30N4O2. The van der Waals surface area contributed by atoms with Crippen molar-refractivity contribution in [2.75, 3.05) is 6.54 Å². The molecular weight excluding hydrogens is 352 g/mol. The van der Waals surface area contributed by atoms with Crippen molar-refractivity contribution in [3.8, 4) is 5.88 Å². The Morgan fingerprint density at radius 2 is 2.11 bits per heavy atom. The molecule has 0 spiro atoms. The van der Waals surface area contributed by atoms with Gasteiger partial charge >= 0.3 is 0 Å². The summed E-state index contributed by atoms with van der Waals surface area (Å²) in [6.07, 6.45) is 9.61. The van der Waals surface area contributed by atoms with Crippen LogP contribution >= 0.6 is 0 Å². The summed E-state index contributed by atoms with van der Waals surface area (Å²) in [4.78, 5) is 19.1. The predicted octanol–water partition coefficient (Wildman–Crippen LogP) is 3.56. The third-order valence-corrected chi connectivity index (χ3v) is 6.11. The van der Waals surface area contributed by atoms with Gasteiger partial charge in [-0.25, -0.2) is 4.98 Å². The molecule has 150 valence electrons. The average Bonchev–Trinajstić information content (AvgIpc) is 3.02. The zero-order valence-electron chi connectivity index (χ0n) is 17.0. The number of carbonyl (C=O) groups is 1. The number of nitrogens with zero attached hydrogens (tertiary/aromatic N) is 4. The maximum atomic E-state index is 12.9. The van der Waals surface area contributed by atoms with Crippen LogP contribution in [0.25, 0.3) is 0 Å². The minimum atomic E-state index is 0.300. The monoisotopic (exact) mass is 382 g/mol. The molecule has 0 atom stereocenters. The van der Waals surface area contributed by atoms with E-state index in [2.05, 4.69) is 10.1 Å². The van der Waals surface area contributed by atoms with Gasteiger partial charge in [0.2, 0.25) is 11.8 Å². The number of carbonyl (C=O) groups excluding carboxylic acids is 1. The first-order chi connectivity index (χ1) is 13.6. The second kappa shape index (κ2) is 8.33. The Kier molecular flexibility index (Phi) is 5.64. The van der Waals surface area contributed by atoms with Crippen LogP contribution in [-0.4, -0.2) is 32.1 Å². The van der Waals surface area contributed by atoms with Crippen molar-refractivity contribution in [2.45, 2.75) is 65.0 Å². The predicted molar refractivity (Wildman–Crippen MR) is 107 cm³/mol. The Hall–Kier alpha value is -2.37. The fourth-order valence-corrected chi connectivity index (χ4v) is 4.50. The van der Waals surface area contributed by atoms with Crippen molar-refractivity contribution in [2.24, 2.45) is 13.0 Å². The van der Waals surface area contributed by atoms with Gasteiger partial charge in [-0.3, -0.25) is 9.48 Å². The average molecular weight is 383 g/mol. The SMILES string of the molecule is Cc1ccnc(OCc2nn(C)c3c2CN(C(=O)CC2CCCCC2)CC3)c1. The Balaban J connectivity index is 1.42. The van der Waals surface area contributed by atoms with E-state index >= 15 is 0 Å². The lowest BCUT2D eigenvalue weighted by atomic mass is 9.86. The lowest BCUT2D eigenvalue weighted by Gasteiger charge is -2.30. The number of rotatable bonds is 5. The van der Waals surface area contributed by atoms with Crippen LogP contribution in [0.1, 0.15) is 61.0 Å². The molecule has 2 aromatic heterocycles. The minimum Gasteiger partial charge on any atom is -0.471 e. The number of hydrogen-bond acceptors (Lipinski definition) is 4. The number of aryl methyl sites for hydroxylation is 2. The summed E-state index contributed by atoms with van der Waals surface area (Å²) in [5.74, 6) is 1.49.